The highest BCUT2D eigenvalue weighted by molar-refractivity contribution is 5.99. The van der Waals surface area contributed by atoms with Gasteiger partial charge in [-0.15, -0.1) is 0 Å². The third kappa shape index (κ3) is 4.40. The quantitative estimate of drug-likeness (QED) is 0.458. The fraction of sp³-hybridized carbons (Fsp3) is 0.238. The molecule has 0 atom stereocenters. The molecule has 6 nitrogen and oxygen atoms in total. The lowest BCUT2D eigenvalue weighted by Gasteiger charge is -2.08. The molecule has 0 unspecified atom stereocenters. The van der Waals surface area contributed by atoms with Gasteiger partial charge in [0.25, 0.3) is 0 Å². The molecule has 3 rings (SSSR count). The summed E-state index contributed by atoms with van der Waals surface area (Å²) in [5, 5.41) is 3.99. The second-order valence-corrected chi connectivity index (χ2v) is 6.76. The summed E-state index contributed by atoms with van der Waals surface area (Å²) in [6.07, 6.45) is -2.59. The van der Waals surface area contributed by atoms with Crippen molar-refractivity contribution in [3.63, 3.8) is 0 Å². The van der Waals surface area contributed by atoms with E-state index in [9.17, 15) is 22.8 Å². The van der Waals surface area contributed by atoms with E-state index < -0.39 is 24.3 Å². The second-order valence-electron chi connectivity index (χ2n) is 6.76. The van der Waals surface area contributed by atoms with Crippen molar-refractivity contribution in [2.75, 3.05) is 6.61 Å². The average Bonchev–Trinajstić information content (AvgIpc) is 3.08. The lowest BCUT2D eigenvalue weighted by atomic mass is 10.0. The molecule has 0 amide bonds. The number of ketones is 1. The van der Waals surface area contributed by atoms with E-state index in [1.807, 2.05) is 19.9 Å². The minimum Gasteiger partial charge on any atom is -0.454 e. The van der Waals surface area contributed by atoms with E-state index in [1.165, 1.54) is 10.9 Å². The number of hydrogen-bond donors (Lipinski definition) is 0. The molecule has 0 fully saturated rings. The van der Waals surface area contributed by atoms with Crippen molar-refractivity contribution < 1.29 is 27.5 Å². The van der Waals surface area contributed by atoms with Crippen LogP contribution in [-0.4, -0.2) is 33.1 Å². The van der Waals surface area contributed by atoms with E-state index in [1.54, 1.807) is 19.1 Å². The molecule has 30 heavy (non-hydrogen) atoms. The number of pyridine rings is 1. The maximum atomic E-state index is 12.7. The third-order valence-electron chi connectivity index (χ3n) is 4.69. The van der Waals surface area contributed by atoms with Gasteiger partial charge in [0.15, 0.2) is 18.2 Å². The van der Waals surface area contributed by atoms with Crippen molar-refractivity contribution in [1.82, 2.24) is 14.8 Å². The van der Waals surface area contributed by atoms with Crippen LogP contribution in [0.5, 0.6) is 0 Å². The minimum absolute atomic E-state index is 0.0876. The zero-order chi connectivity index (χ0) is 22.1. The molecular weight excluding hydrogens is 399 g/mol. The first kappa shape index (κ1) is 21.2. The lowest BCUT2D eigenvalue weighted by molar-refractivity contribution is -0.137. The van der Waals surface area contributed by atoms with Crippen LogP contribution in [0.4, 0.5) is 13.2 Å². The molecule has 0 radical (unpaired) electrons. The number of carbonyl (C=O) groups is 2. The van der Waals surface area contributed by atoms with Crippen LogP contribution in [0.2, 0.25) is 0 Å². The van der Waals surface area contributed by atoms with Gasteiger partial charge in [-0.25, -0.2) is 14.5 Å². The van der Waals surface area contributed by atoms with Gasteiger partial charge in [-0.1, -0.05) is 12.1 Å². The first-order chi connectivity index (χ1) is 14.1. The van der Waals surface area contributed by atoms with Crippen molar-refractivity contribution in [2.45, 2.75) is 26.9 Å². The Morgan fingerprint density at radius 2 is 1.77 bits per heavy atom. The predicted molar refractivity (Wildman–Crippen MR) is 102 cm³/mol. The number of hydrogen-bond acceptors (Lipinski definition) is 5. The van der Waals surface area contributed by atoms with E-state index >= 15 is 0 Å². The van der Waals surface area contributed by atoms with Crippen LogP contribution in [0.3, 0.4) is 0 Å². The number of esters is 1. The van der Waals surface area contributed by atoms with Crippen molar-refractivity contribution in [3.05, 3.63) is 76.2 Å². The van der Waals surface area contributed by atoms with E-state index in [0.29, 0.717) is 17.5 Å². The number of ether oxygens (including phenoxy) is 1. The van der Waals surface area contributed by atoms with E-state index in [4.69, 9.17) is 4.74 Å². The number of halogens is 3. The Hall–Kier alpha value is -3.49. The Bertz CT molecular complexity index is 1100. The normalized spacial score (nSPS) is 11.4. The van der Waals surface area contributed by atoms with Crippen molar-refractivity contribution in [2.24, 2.45) is 0 Å². The van der Waals surface area contributed by atoms with Crippen molar-refractivity contribution in [3.8, 4) is 5.82 Å². The Balaban J connectivity index is 1.71. The molecule has 0 aliphatic rings. The highest BCUT2D eigenvalue weighted by Crippen LogP contribution is 2.28. The SMILES string of the molecule is Cc1ccc(C(=O)COC(=O)c2cnn(-c3ccc(C(F)(F)F)cn3)c2C)cc1C. The molecule has 156 valence electrons. The van der Waals surface area contributed by atoms with E-state index in [-0.39, 0.29) is 17.2 Å². The second kappa shape index (κ2) is 8.10. The Morgan fingerprint density at radius 1 is 1.03 bits per heavy atom. The van der Waals surface area contributed by atoms with Gasteiger partial charge in [0.1, 0.15) is 5.56 Å². The Morgan fingerprint density at radius 3 is 2.37 bits per heavy atom. The first-order valence-corrected chi connectivity index (χ1v) is 8.93. The smallest absolute Gasteiger partial charge is 0.417 e. The van der Waals surface area contributed by atoms with Crippen LogP contribution < -0.4 is 0 Å². The maximum absolute atomic E-state index is 12.7. The number of nitrogens with zero attached hydrogens (tertiary/aromatic N) is 3. The number of rotatable bonds is 5. The van der Waals surface area contributed by atoms with Crippen LogP contribution in [0.15, 0.2) is 42.7 Å². The molecule has 2 aromatic heterocycles. The highest BCUT2D eigenvalue weighted by atomic mass is 19.4. The number of aryl methyl sites for hydroxylation is 2. The summed E-state index contributed by atoms with van der Waals surface area (Å²) in [5.74, 6) is -0.991. The summed E-state index contributed by atoms with van der Waals surface area (Å²) < 4.78 is 44.3. The molecular formula is C21H18F3N3O3. The number of aromatic nitrogens is 3. The van der Waals surface area contributed by atoms with Gasteiger partial charge >= 0.3 is 12.1 Å². The number of carbonyl (C=O) groups excluding carboxylic acids is 2. The van der Waals surface area contributed by atoms with Crippen LogP contribution in [-0.2, 0) is 10.9 Å². The summed E-state index contributed by atoms with van der Waals surface area (Å²) in [7, 11) is 0. The standard InChI is InChI=1S/C21H18F3N3O3/c1-12-4-5-15(8-13(12)2)18(28)11-30-20(29)17-10-26-27(14(17)3)19-7-6-16(9-25-19)21(22,23)24/h4-10H,11H2,1-3H3. The van der Waals surface area contributed by atoms with Gasteiger partial charge < -0.3 is 4.74 Å². The molecule has 3 aromatic rings. The highest BCUT2D eigenvalue weighted by Gasteiger charge is 2.31. The maximum Gasteiger partial charge on any atom is 0.417 e. The number of alkyl halides is 3. The zero-order valence-corrected chi connectivity index (χ0v) is 16.4. The summed E-state index contributed by atoms with van der Waals surface area (Å²) in [6, 6.07) is 7.24. The number of Topliss-reactive ketones (excluding diaryl/α,β-unsaturated/α-hetero) is 1. The summed E-state index contributed by atoms with van der Waals surface area (Å²) in [6.45, 7) is 4.92. The third-order valence-corrected chi connectivity index (χ3v) is 4.69. The molecule has 0 N–H and O–H groups in total. The largest absolute Gasteiger partial charge is 0.454 e. The number of benzene rings is 1. The average molecular weight is 417 g/mol. The van der Waals surface area contributed by atoms with Gasteiger partial charge in [-0.3, -0.25) is 4.79 Å². The Kier molecular flexibility index (Phi) is 5.73. The molecule has 0 aliphatic carbocycles. The molecule has 9 heteroatoms. The fourth-order valence-electron chi connectivity index (χ4n) is 2.73. The van der Waals surface area contributed by atoms with E-state index in [2.05, 4.69) is 10.1 Å². The minimum atomic E-state index is -4.50. The van der Waals surface area contributed by atoms with Crippen LogP contribution in [0.1, 0.15) is 43.1 Å². The molecule has 1 aromatic carbocycles. The van der Waals surface area contributed by atoms with Crippen LogP contribution in [0, 0.1) is 20.8 Å². The molecule has 0 bridgehead atoms. The van der Waals surface area contributed by atoms with Crippen LogP contribution in [0.25, 0.3) is 5.82 Å². The fourth-order valence-corrected chi connectivity index (χ4v) is 2.73. The van der Waals surface area contributed by atoms with Crippen LogP contribution >= 0.6 is 0 Å². The van der Waals surface area contributed by atoms with Gasteiger partial charge in [-0.05, 0) is 50.1 Å². The van der Waals surface area contributed by atoms with Crippen molar-refractivity contribution in [1.29, 1.82) is 0 Å². The topological polar surface area (TPSA) is 74.1 Å². The molecule has 2 heterocycles. The van der Waals surface area contributed by atoms with Gasteiger partial charge in [-0.2, -0.15) is 18.3 Å². The lowest BCUT2D eigenvalue weighted by Crippen LogP contribution is -2.15. The summed E-state index contributed by atoms with van der Waals surface area (Å²) >= 11 is 0. The molecule has 0 aliphatic heterocycles. The predicted octanol–water partition coefficient (Wildman–Crippen LogP) is 4.25. The monoisotopic (exact) mass is 417 g/mol. The van der Waals surface area contributed by atoms with Crippen molar-refractivity contribution >= 4 is 11.8 Å². The molecule has 0 saturated carbocycles. The zero-order valence-electron chi connectivity index (χ0n) is 16.4. The molecule has 0 saturated heterocycles. The van der Waals surface area contributed by atoms with Gasteiger partial charge in [0.2, 0.25) is 0 Å². The Labute approximate surface area is 170 Å². The van der Waals surface area contributed by atoms with Gasteiger partial charge in [0.05, 0.1) is 17.5 Å². The summed E-state index contributed by atoms with van der Waals surface area (Å²) in [5.41, 5.74) is 1.96. The molecule has 0 spiro atoms. The van der Waals surface area contributed by atoms with E-state index in [0.717, 1.165) is 23.3 Å². The van der Waals surface area contributed by atoms with Gasteiger partial charge in [0, 0.05) is 11.8 Å². The summed E-state index contributed by atoms with van der Waals surface area (Å²) in [4.78, 5) is 28.4. The first-order valence-electron chi connectivity index (χ1n) is 8.93.